The molecule has 1 aliphatic rings. The lowest BCUT2D eigenvalue weighted by molar-refractivity contribution is 0.641. The van der Waals surface area contributed by atoms with Crippen molar-refractivity contribution in [2.75, 3.05) is 11.9 Å². The summed E-state index contributed by atoms with van der Waals surface area (Å²) in [6, 6.07) is 13.7. The van der Waals surface area contributed by atoms with Crippen LogP contribution in [0.1, 0.15) is 18.1 Å². The first-order valence-corrected chi connectivity index (χ1v) is 9.76. The van der Waals surface area contributed by atoms with Gasteiger partial charge in [0.05, 0.1) is 5.69 Å². The number of thioether (sulfide) groups is 1. The Morgan fingerprint density at radius 3 is 2.80 bits per heavy atom. The summed E-state index contributed by atoms with van der Waals surface area (Å²) in [6.07, 6.45) is 0. The van der Waals surface area contributed by atoms with Crippen LogP contribution in [-0.4, -0.2) is 27.0 Å². The molecule has 25 heavy (non-hydrogen) atoms. The average Bonchev–Trinajstić information content (AvgIpc) is 2.92. The molecule has 6 heteroatoms. The normalized spacial score (nSPS) is 18.6. The van der Waals surface area contributed by atoms with Gasteiger partial charge >= 0.3 is 0 Å². The number of halogens is 1. The summed E-state index contributed by atoms with van der Waals surface area (Å²) in [7, 11) is 0. The molecular weight excluding hydrogens is 370 g/mol. The lowest BCUT2D eigenvalue weighted by atomic mass is 10.1. The van der Waals surface area contributed by atoms with Gasteiger partial charge in [-0.05, 0) is 61.5 Å². The Bertz CT molecular complexity index is 835. The first-order valence-electron chi connectivity index (χ1n) is 8.09. The summed E-state index contributed by atoms with van der Waals surface area (Å²) < 4.78 is 0. The fourth-order valence-electron chi connectivity index (χ4n) is 2.59. The van der Waals surface area contributed by atoms with Gasteiger partial charge < -0.3 is 5.32 Å². The monoisotopic (exact) mass is 389 g/mol. The summed E-state index contributed by atoms with van der Waals surface area (Å²) in [5.41, 5.74) is 4.31. The van der Waals surface area contributed by atoms with E-state index in [1.165, 1.54) is 11.1 Å². The number of thiocarbonyl (C=S) groups is 1. The number of aliphatic imine (C=N–C) groups is 1. The molecule has 3 rings (SSSR count). The summed E-state index contributed by atoms with van der Waals surface area (Å²) in [5, 5.41) is 5.95. The predicted molar refractivity (Wildman–Crippen MR) is 114 cm³/mol. The Hall–Kier alpha value is -1.56. The number of nitrogens with zero attached hydrogens (tertiary/aromatic N) is 2. The van der Waals surface area contributed by atoms with Gasteiger partial charge in [0.15, 0.2) is 10.3 Å². The van der Waals surface area contributed by atoms with Gasteiger partial charge in [-0.15, -0.1) is 0 Å². The maximum absolute atomic E-state index is 6.05. The third-order valence-electron chi connectivity index (χ3n) is 4.09. The van der Waals surface area contributed by atoms with Gasteiger partial charge in [0, 0.05) is 22.5 Å². The molecule has 0 bridgehead atoms. The molecule has 1 unspecified atom stereocenters. The standard InChI is InChI=1S/C19H20ClN3S2/c1-12-6-4-9-17(14(12)3)22-19-23(11-13(2)25-19)18(24)21-16-8-5-7-15(20)10-16/h4-10,13H,11H2,1-3H3,(H,21,24)/b22-19+. The molecule has 0 aliphatic carbocycles. The van der Waals surface area contributed by atoms with Crippen molar-refractivity contribution < 1.29 is 0 Å². The molecule has 1 saturated heterocycles. The molecule has 0 saturated carbocycles. The molecule has 1 heterocycles. The van der Waals surface area contributed by atoms with Crippen molar-refractivity contribution >= 4 is 57.2 Å². The molecule has 2 aromatic carbocycles. The van der Waals surface area contributed by atoms with Gasteiger partial charge in [0.2, 0.25) is 0 Å². The SMILES string of the molecule is Cc1cccc(/N=C2/SC(C)CN2C(=S)Nc2cccc(Cl)c2)c1C. The fraction of sp³-hybridized carbons (Fsp3) is 0.263. The van der Waals surface area contributed by atoms with E-state index < -0.39 is 0 Å². The van der Waals surface area contributed by atoms with Gasteiger partial charge in [0.25, 0.3) is 0 Å². The predicted octanol–water partition coefficient (Wildman–Crippen LogP) is 5.78. The zero-order chi connectivity index (χ0) is 18.0. The summed E-state index contributed by atoms with van der Waals surface area (Å²) >= 11 is 13.4. The second-order valence-electron chi connectivity index (χ2n) is 6.09. The first kappa shape index (κ1) is 18.2. The highest BCUT2D eigenvalue weighted by Gasteiger charge is 2.29. The number of benzene rings is 2. The zero-order valence-corrected chi connectivity index (χ0v) is 16.8. The Morgan fingerprint density at radius 1 is 1.28 bits per heavy atom. The lowest BCUT2D eigenvalue weighted by Gasteiger charge is -2.20. The van der Waals surface area contributed by atoms with Crippen LogP contribution < -0.4 is 5.32 Å². The molecule has 1 atom stereocenters. The number of hydrogen-bond acceptors (Lipinski definition) is 3. The Balaban J connectivity index is 1.85. The highest BCUT2D eigenvalue weighted by molar-refractivity contribution is 8.14. The molecule has 0 radical (unpaired) electrons. The third kappa shape index (κ3) is 4.35. The van der Waals surface area contributed by atoms with Crippen LogP contribution >= 0.6 is 35.6 Å². The molecule has 1 aliphatic heterocycles. The topological polar surface area (TPSA) is 27.6 Å². The summed E-state index contributed by atoms with van der Waals surface area (Å²) in [5.74, 6) is 0. The van der Waals surface area contributed by atoms with E-state index in [0.717, 1.165) is 23.1 Å². The summed E-state index contributed by atoms with van der Waals surface area (Å²) in [4.78, 5) is 6.95. The molecule has 3 nitrogen and oxygen atoms in total. The van der Waals surface area contributed by atoms with Crippen molar-refractivity contribution in [2.24, 2.45) is 4.99 Å². The Morgan fingerprint density at radius 2 is 2.04 bits per heavy atom. The van der Waals surface area contributed by atoms with Crippen LogP contribution in [0.4, 0.5) is 11.4 Å². The van der Waals surface area contributed by atoms with E-state index in [0.29, 0.717) is 15.4 Å². The molecule has 1 N–H and O–H groups in total. The minimum Gasteiger partial charge on any atom is -0.332 e. The van der Waals surface area contributed by atoms with E-state index >= 15 is 0 Å². The number of anilines is 1. The maximum atomic E-state index is 6.05. The van der Waals surface area contributed by atoms with Gasteiger partial charge in [0.1, 0.15) is 0 Å². The number of amidine groups is 1. The third-order valence-corrected chi connectivity index (χ3v) is 5.72. The molecular formula is C19H20ClN3S2. The van der Waals surface area contributed by atoms with Gasteiger partial charge in [-0.2, -0.15) is 0 Å². The van der Waals surface area contributed by atoms with E-state index in [-0.39, 0.29) is 0 Å². The van der Waals surface area contributed by atoms with E-state index in [2.05, 4.69) is 37.1 Å². The van der Waals surface area contributed by atoms with Crippen LogP contribution in [0.3, 0.4) is 0 Å². The highest BCUT2D eigenvalue weighted by atomic mass is 35.5. The number of hydrogen-bond donors (Lipinski definition) is 1. The Kier molecular flexibility index (Phi) is 5.67. The van der Waals surface area contributed by atoms with E-state index in [4.69, 9.17) is 28.8 Å². The van der Waals surface area contributed by atoms with Crippen molar-refractivity contribution in [2.45, 2.75) is 26.0 Å². The second kappa shape index (κ2) is 7.77. The summed E-state index contributed by atoms with van der Waals surface area (Å²) in [6.45, 7) is 7.23. The van der Waals surface area contributed by atoms with Crippen LogP contribution in [0.2, 0.25) is 5.02 Å². The van der Waals surface area contributed by atoms with Crippen molar-refractivity contribution in [3.8, 4) is 0 Å². The molecule has 0 aromatic heterocycles. The zero-order valence-electron chi connectivity index (χ0n) is 14.4. The van der Waals surface area contributed by atoms with Crippen molar-refractivity contribution in [3.05, 3.63) is 58.6 Å². The number of nitrogens with one attached hydrogen (secondary N) is 1. The molecule has 0 spiro atoms. The quantitative estimate of drug-likeness (QED) is 0.659. The van der Waals surface area contributed by atoms with Crippen molar-refractivity contribution in [3.63, 3.8) is 0 Å². The van der Waals surface area contributed by atoms with Crippen LogP contribution in [0.25, 0.3) is 0 Å². The fourth-order valence-corrected chi connectivity index (χ4v) is 4.14. The average molecular weight is 390 g/mol. The van der Waals surface area contributed by atoms with Gasteiger partial charge in [-0.25, -0.2) is 4.99 Å². The van der Waals surface area contributed by atoms with Crippen LogP contribution in [0, 0.1) is 13.8 Å². The maximum Gasteiger partial charge on any atom is 0.179 e. The van der Waals surface area contributed by atoms with Crippen LogP contribution in [0.5, 0.6) is 0 Å². The highest BCUT2D eigenvalue weighted by Crippen LogP contribution is 2.31. The Labute approximate surface area is 163 Å². The molecule has 0 amide bonds. The minimum atomic E-state index is 0.433. The molecule has 2 aromatic rings. The van der Waals surface area contributed by atoms with Crippen LogP contribution in [-0.2, 0) is 0 Å². The number of aryl methyl sites for hydroxylation is 1. The smallest absolute Gasteiger partial charge is 0.179 e. The van der Waals surface area contributed by atoms with Crippen molar-refractivity contribution in [1.29, 1.82) is 0 Å². The van der Waals surface area contributed by atoms with E-state index in [1.54, 1.807) is 11.8 Å². The van der Waals surface area contributed by atoms with Crippen molar-refractivity contribution in [1.82, 2.24) is 4.90 Å². The first-order chi connectivity index (χ1) is 11.9. The molecule has 1 fully saturated rings. The second-order valence-corrected chi connectivity index (χ2v) is 8.32. The van der Waals surface area contributed by atoms with E-state index in [9.17, 15) is 0 Å². The largest absolute Gasteiger partial charge is 0.332 e. The lowest BCUT2D eigenvalue weighted by Crippen LogP contribution is -2.36. The van der Waals surface area contributed by atoms with Gasteiger partial charge in [-0.3, -0.25) is 4.90 Å². The van der Waals surface area contributed by atoms with Gasteiger partial charge in [-0.1, -0.05) is 48.5 Å². The number of rotatable bonds is 2. The van der Waals surface area contributed by atoms with E-state index in [1.807, 2.05) is 36.4 Å². The van der Waals surface area contributed by atoms with Crippen LogP contribution in [0.15, 0.2) is 47.5 Å². The minimum absolute atomic E-state index is 0.433. The molecule has 130 valence electrons.